The average Bonchev–Trinajstić information content (AvgIpc) is 2.80. The van der Waals surface area contributed by atoms with Crippen LogP contribution in [-0.2, 0) is 13.0 Å². The highest BCUT2D eigenvalue weighted by molar-refractivity contribution is 9.10. The Morgan fingerprint density at radius 1 is 1.37 bits per heavy atom. The normalized spacial score (nSPS) is 12.6. The van der Waals surface area contributed by atoms with Crippen LogP contribution in [0.4, 0.5) is 4.39 Å². The summed E-state index contributed by atoms with van der Waals surface area (Å²) in [5.41, 5.74) is 7.82. The van der Waals surface area contributed by atoms with Crippen LogP contribution in [0.2, 0.25) is 0 Å². The van der Waals surface area contributed by atoms with Gasteiger partial charge in [0.15, 0.2) is 0 Å². The molecule has 0 saturated heterocycles. The molecule has 2 aromatic rings. The first kappa shape index (κ1) is 14.3. The Labute approximate surface area is 121 Å². The fourth-order valence-corrected chi connectivity index (χ4v) is 2.37. The molecule has 0 saturated carbocycles. The van der Waals surface area contributed by atoms with E-state index in [9.17, 15) is 4.39 Å². The molecule has 0 aliphatic heterocycles. The van der Waals surface area contributed by atoms with Crippen molar-refractivity contribution < 1.29 is 4.39 Å². The van der Waals surface area contributed by atoms with Crippen LogP contribution in [0.5, 0.6) is 0 Å². The van der Waals surface area contributed by atoms with Gasteiger partial charge in [-0.25, -0.2) is 4.39 Å². The zero-order valence-electron chi connectivity index (χ0n) is 10.9. The third-order valence-corrected chi connectivity index (χ3v) is 3.77. The Kier molecular flexibility index (Phi) is 4.77. The molecule has 19 heavy (non-hydrogen) atoms. The molecule has 0 amide bonds. The van der Waals surface area contributed by atoms with Gasteiger partial charge in [-0.2, -0.15) is 0 Å². The van der Waals surface area contributed by atoms with E-state index in [0.717, 1.165) is 23.0 Å². The summed E-state index contributed by atoms with van der Waals surface area (Å²) in [6.07, 6.45) is 3.73. The van der Waals surface area contributed by atoms with Gasteiger partial charge in [-0.15, -0.1) is 0 Å². The summed E-state index contributed by atoms with van der Waals surface area (Å²) in [5, 5.41) is 0. The van der Waals surface area contributed by atoms with Crippen LogP contribution in [0.1, 0.15) is 24.6 Å². The number of hydrogen-bond acceptors (Lipinski definition) is 1. The van der Waals surface area contributed by atoms with Crippen LogP contribution in [-0.4, -0.2) is 10.6 Å². The third kappa shape index (κ3) is 3.67. The molecule has 2 rings (SSSR count). The first-order chi connectivity index (χ1) is 9.10. The van der Waals surface area contributed by atoms with E-state index in [1.807, 2.05) is 30.5 Å². The lowest BCUT2D eigenvalue weighted by molar-refractivity contribution is 0.581. The van der Waals surface area contributed by atoms with Gasteiger partial charge < -0.3 is 10.3 Å². The topological polar surface area (TPSA) is 30.9 Å². The van der Waals surface area contributed by atoms with Crippen molar-refractivity contribution in [1.82, 2.24) is 4.57 Å². The lowest BCUT2D eigenvalue weighted by Crippen LogP contribution is -2.23. The smallest absolute Gasteiger partial charge is 0.129 e. The van der Waals surface area contributed by atoms with Gasteiger partial charge in [-0.1, -0.05) is 28.9 Å². The van der Waals surface area contributed by atoms with Crippen molar-refractivity contribution in [3.8, 4) is 0 Å². The Hall–Kier alpha value is -1.13. The van der Waals surface area contributed by atoms with Crippen molar-refractivity contribution in [2.75, 3.05) is 0 Å². The van der Waals surface area contributed by atoms with E-state index < -0.39 is 0 Å². The van der Waals surface area contributed by atoms with Gasteiger partial charge in [-0.3, -0.25) is 0 Å². The van der Waals surface area contributed by atoms with E-state index in [1.54, 1.807) is 0 Å². The maximum absolute atomic E-state index is 13.8. The lowest BCUT2D eigenvalue weighted by Gasteiger charge is -2.13. The van der Waals surface area contributed by atoms with E-state index in [1.165, 1.54) is 6.07 Å². The van der Waals surface area contributed by atoms with Crippen molar-refractivity contribution in [1.29, 1.82) is 0 Å². The predicted octanol–water partition coefficient (Wildman–Crippen LogP) is 3.72. The van der Waals surface area contributed by atoms with Gasteiger partial charge in [0, 0.05) is 34.4 Å². The number of benzene rings is 1. The SMILES string of the molecule is CCC(N)Cc1cccn1Cc1ccc(Br)cc1F. The first-order valence-electron chi connectivity index (χ1n) is 6.43. The first-order valence-corrected chi connectivity index (χ1v) is 7.23. The summed E-state index contributed by atoms with van der Waals surface area (Å²) in [4.78, 5) is 0. The highest BCUT2D eigenvalue weighted by Gasteiger charge is 2.09. The van der Waals surface area contributed by atoms with Gasteiger partial charge in [0.05, 0.1) is 6.54 Å². The van der Waals surface area contributed by atoms with Gasteiger partial charge in [0.1, 0.15) is 5.82 Å². The van der Waals surface area contributed by atoms with Crippen molar-refractivity contribution in [3.63, 3.8) is 0 Å². The van der Waals surface area contributed by atoms with Crippen molar-refractivity contribution in [2.45, 2.75) is 32.4 Å². The summed E-state index contributed by atoms with van der Waals surface area (Å²) < 4.78 is 16.7. The Bertz CT molecular complexity index is 551. The zero-order valence-corrected chi connectivity index (χ0v) is 12.5. The van der Waals surface area contributed by atoms with Crippen LogP contribution in [0.25, 0.3) is 0 Å². The Morgan fingerprint density at radius 2 is 2.16 bits per heavy atom. The Balaban J connectivity index is 2.17. The second kappa shape index (κ2) is 6.35. The van der Waals surface area contributed by atoms with Gasteiger partial charge >= 0.3 is 0 Å². The summed E-state index contributed by atoms with van der Waals surface area (Å²) in [7, 11) is 0. The number of nitrogens with two attached hydrogens (primary N) is 1. The van der Waals surface area contributed by atoms with E-state index in [0.29, 0.717) is 12.1 Å². The minimum absolute atomic E-state index is 0.156. The van der Waals surface area contributed by atoms with Crippen molar-refractivity contribution in [2.24, 2.45) is 5.73 Å². The number of aromatic nitrogens is 1. The molecule has 0 spiro atoms. The molecular formula is C15H18BrFN2. The summed E-state index contributed by atoms with van der Waals surface area (Å²) in [5.74, 6) is -0.186. The molecule has 2 nitrogen and oxygen atoms in total. The maximum Gasteiger partial charge on any atom is 0.129 e. The second-order valence-electron chi connectivity index (χ2n) is 4.74. The fraction of sp³-hybridized carbons (Fsp3) is 0.333. The molecule has 4 heteroatoms. The number of halogens is 2. The standard InChI is InChI=1S/C15H18BrFN2/c1-2-13(18)9-14-4-3-7-19(14)10-11-5-6-12(16)8-15(11)17/h3-8,13H,2,9-10,18H2,1H3. The van der Waals surface area contributed by atoms with Crippen LogP contribution < -0.4 is 5.73 Å². The minimum Gasteiger partial charge on any atom is -0.347 e. The molecule has 0 bridgehead atoms. The van der Waals surface area contributed by atoms with Crippen LogP contribution in [0, 0.1) is 5.82 Å². The Morgan fingerprint density at radius 3 is 2.84 bits per heavy atom. The molecule has 2 N–H and O–H groups in total. The molecule has 0 radical (unpaired) electrons. The van der Waals surface area contributed by atoms with Crippen LogP contribution in [0.3, 0.4) is 0 Å². The fourth-order valence-electron chi connectivity index (χ4n) is 2.04. The van der Waals surface area contributed by atoms with Crippen LogP contribution >= 0.6 is 15.9 Å². The molecule has 0 fully saturated rings. The van der Waals surface area contributed by atoms with Crippen LogP contribution in [0.15, 0.2) is 41.0 Å². The highest BCUT2D eigenvalue weighted by Crippen LogP contribution is 2.17. The number of hydrogen-bond donors (Lipinski definition) is 1. The average molecular weight is 325 g/mol. The van der Waals surface area contributed by atoms with Gasteiger partial charge in [0.2, 0.25) is 0 Å². The lowest BCUT2D eigenvalue weighted by atomic mass is 10.1. The predicted molar refractivity (Wildman–Crippen MR) is 79.6 cm³/mol. The molecular weight excluding hydrogens is 307 g/mol. The molecule has 1 atom stereocenters. The van der Waals surface area contributed by atoms with Gasteiger partial charge in [0.25, 0.3) is 0 Å². The minimum atomic E-state index is -0.186. The molecule has 1 heterocycles. The zero-order chi connectivity index (χ0) is 13.8. The molecule has 0 aliphatic carbocycles. The molecule has 102 valence electrons. The molecule has 1 unspecified atom stereocenters. The maximum atomic E-state index is 13.8. The summed E-state index contributed by atoms with van der Waals surface area (Å²) >= 11 is 3.27. The van der Waals surface area contributed by atoms with Crippen molar-refractivity contribution in [3.05, 3.63) is 58.1 Å². The molecule has 0 aliphatic rings. The van der Waals surface area contributed by atoms with E-state index in [2.05, 4.69) is 27.4 Å². The number of rotatable bonds is 5. The number of nitrogens with zero attached hydrogens (tertiary/aromatic N) is 1. The monoisotopic (exact) mass is 324 g/mol. The van der Waals surface area contributed by atoms with E-state index >= 15 is 0 Å². The quantitative estimate of drug-likeness (QED) is 0.892. The molecule has 1 aromatic carbocycles. The van der Waals surface area contributed by atoms with E-state index in [-0.39, 0.29) is 11.9 Å². The summed E-state index contributed by atoms with van der Waals surface area (Å²) in [6, 6.07) is 9.35. The highest BCUT2D eigenvalue weighted by atomic mass is 79.9. The largest absolute Gasteiger partial charge is 0.347 e. The third-order valence-electron chi connectivity index (χ3n) is 3.28. The van der Waals surface area contributed by atoms with Crippen molar-refractivity contribution >= 4 is 15.9 Å². The molecule has 1 aromatic heterocycles. The van der Waals surface area contributed by atoms with E-state index in [4.69, 9.17) is 5.73 Å². The summed E-state index contributed by atoms with van der Waals surface area (Å²) in [6.45, 7) is 2.62. The van der Waals surface area contributed by atoms with Gasteiger partial charge in [-0.05, 0) is 30.7 Å². The second-order valence-corrected chi connectivity index (χ2v) is 5.65.